The van der Waals surface area contributed by atoms with E-state index in [0.717, 1.165) is 24.1 Å². The normalized spacial score (nSPS) is 10.9. The molecule has 0 saturated heterocycles. The van der Waals surface area contributed by atoms with Crippen LogP contribution in [0.3, 0.4) is 0 Å². The Balaban J connectivity index is 1.61. The molecule has 0 atom stereocenters. The van der Waals surface area contributed by atoms with Crippen LogP contribution in [-0.4, -0.2) is 9.97 Å². The molecule has 4 rings (SSSR count). The minimum Gasteiger partial charge on any atom is -0.488 e. The van der Waals surface area contributed by atoms with Gasteiger partial charge in [-0.1, -0.05) is 31.2 Å². The first-order chi connectivity index (χ1) is 13.7. The van der Waals surface area contributed by atoms with Crippen molar-refractivity contribution < 1.29 is 9.30 Å². The number of rotatable bonds is 6. The number of nitrogens with one attached hydrogen (secondary N) is 1. The number of hydrogen-bond acceptors (Lipinski definition) is 3. The molecule has 5 nitrogen and oxygen atoms in total. The Hall–Kier alpha value is -3.47. The van der Waals surface area contributed by atoms with E-state index in [1.54, 1.807) is 6.07 Å². The lowest BCUT2D eigenvalue weighted by Crippen LogP contribution is -2.32. The van der Waals surface area contributed by atoms with Crippen molar-refractivity contribution in [2.24, 2.45) is 0 Å². The summed E-state index contributed by atoms with van der Waals surface area (Å²) in [6.45, 7) is 3.61. The largest absolute Gasteiger partial charge is 0.488 e. The monoisotopic (exact) mass is 372 g/mol. The van der Waals surface area contributed by atoms with E-state index in [0.29, 0.717) is 29.1 Å². The SMILES string of the molecule is CCC[n+]1ccc(COc2ccccc2-c2nc3ccccc3c(=O)[nH]2)cc1. The second kappa shape index (κ2) is 8.05. The Morgan fingerprint density at radius 3 is 2.57 bits per heavy atom. The molecule has 4 aromatic rings. The highest BCUT2D eigenvalue weighted by Gasteiger charge is 2.11. The van der Waals surface area contributed by atoms with Crippen molar-refractivity contribution in [3.05, 3.63) is 89.0 Å². The standard InChI is InChI=1S/C23H21N3O2/c1-2-13-26-14-11-17(12-15-26)16-28-21-10-6-4-8-19(21)22-24-20-9-5-3-7-18(20)23(27)25-22/h3-12,14-15H,2,13,16H2,1H3/p+1. The molecule has 0 aliphatic heterocycles. The minimum absolute atomic E-state index is 0.154. The van der Waals surface area contributed by atoms with Crippen molar-refractivity contribution in [1.29, 1.82) is 0 Å². The van der Waals surface area contributed by atoms with Crippen molar-refractivity contribution in [3.8, 4) is 17.1 Å². The molecule has 0 aliphatic carbocycles. The van der Waals surface area contributed by atoms with Crippen molar-refractivity contribution in [2.45, 2.75) is 26.5 Å². The van der Waals surface area contributed by atoms with Crippen LogP contribution in [0, 0.1) is 0 Å². The molecule has 0 unspecified atom stereocenters. The zero-order chi connectivity index (χ0) is 19.3. The van der Waals surface area contributed by atoms with Crippen LogP contribution in [0.5, 0.6) is 5.75 Å². The molecule has 1 N–H and O–H groups in total. The summed E-state index contributed by atoms with van der Waals surface area (Å²) in [7, 11) is 0. The summed E-state index contributed by atoms with van der Waals surface area (Å²) < 4.78 is 8.21. The van der Waals surface area contributed by atoms with Gasteiger partial charge in [0.1, 0.15) is 24.7 Å². The third kappa shape index (κ3) is 3.78. The lowest BCUT2D eigenvalue weighted by molar-refractivity contribution is -0.697. The first kappa shape index (κ1) is 17.9. The van der Waals surface area contributed by atoms with Gasteiger partial charge >= 0.3 is 0 Å². The van der Waals surface area contributed by atoms with Crippen molar-refractivity contribution in [1.82, 2.24) is 9.97 Å². The smallest absolute Gasteiger partial charge is 0.259 e. The Morgan fingerprint density at radius 2 is 1.75 bits per heavy atom. The fourth-order valence-electron chi connectivity index (χ4n) is 3.15. The molecule has 0 saturated carbocycles. The number of nitrogens with zero attached hydrogens (tertiary/aromatic N) is 2. The van der Waals surface area contributed by atoms with Gasteiger partial charge in [0, 0.05) is 24.1 Å². The maximum atomic E-state index is 12.4. The zero-order valence-electron chi connectivity index (χ0n) is 15.8. The molecule has 0 bridgehead atoms. The van der Waals surface area contributed by atoms with E-state index in [2.05, 4.69) is 46.0 Å². The van der Waals surface area contributed by atoms with Gasteiger partial charge in [-0.2, -0.15) is 0 Å². The zero-order valence-corrected chi connectivity index (χ0v) is 15.8. The number of H-pyrrole nitrogens is 1. The Morgan fingerprint density at radius 1 is 1.00 bits per heavy atom. The summed E-state index contributed by atoms with van der Waals surface area (Å²) in [4.78, 5) is 19.9. The summed E-state index contributed by atoms with van der Waals surface area (Å²) in [5.74, 6) is 1.19. The molecule has 0 spiro atoms. The third-order valence-electron chi connectivity index (χ3n) is 4.59. The average molecular weight is 372 g/mol. The van der Waals surface area contributed by atoms with Gasteiger partial charge in [-0.05, 0) is 24.3 Å². The molecule has 5 heteroatoms. The fraction of sp³-hybridized carbons (Fsp3) is 0.174. The van der Waals surface area contributed by atoms with Crippen LogP contribution < -0.4 is 14.9 Å². The lowest BCUT2D eigenvalue weighted by atomic mass is 10.1. The Kier molecular flexibility index (Phi) is 5.15. The molecule has 28 heavy (non-hydrogen) atoms. The van der Waals surface area contributed by atoms with Gasteiger partial charge in [0.15, 0.2) is 12.4 Å². The number of aryl methyl sites for hydroxylation is 1. The fourth-order valence-corrected chi connectivity index (χ4v) is 3.15. The van der Waals surface area contributed by atoms with Crippen LogP contribution in [0.2, 0.25) is 0 Å². The molecule has 0 radical (unpaired) electrons. The van der Waals surface area contributed by atoms with E-state index >= 15 is 0 Å². The van der Waals surface area contributed by atoms with E-state index in [9.17, 15) is 4.79 Å². The van der Waals surface area contributed by atoms with Crippen LogP contribution in [0.1, 0.15) is 18.9 Å². The Bertz CT molecular complexity index is 1150. The number of fused-ring (bicyclic) bond motifs is 1. The van der Waals surface area contributed by atoms with Gasteiger partial charge in [0.05, 0.1) is 16.5 Å². The Labute approximate surface area is 163 Å². The second-order valence-corrected chi connectivity index (χ2v) is 6.66. The van der Waals surface area contributed by atoms with Gasteiger partial charge in [-0.25, -0.2) is 9.55 Å². The van der Waals surface area contributed by atoms with Gasteiger partial charge in [-0.15, -0.1) is 0 Å². The highest BCUT2D eigenvalue weighted by atomic mass is 16.5. The topological polar surface area (TPSA) is 58.9 Å². The van der Waals surface area contributed by atoms with Gasteiger partial charge in [0.2, 0.25) is 0 Å². The summed E-state index contributed by atoms with van der Waals surface area (Å²) in [5, 5.41) is 0.578. The number of pyridine rings is 1. The second-order valence-electron chi connectivity index (χ2n) is 6.66. The van der Waals surface area contributed by atoms with Crippen LogP contribution in [-0.2, 0) is 13.2 Å². The number of aromatic nitrogens is 3. The molecule has 2 aromatic heterocycles. The number of ether oxygens (including phenoxy) is 1. The number of hydrogen-bond donors (Lipinski definition) is 1. The molecule has 2 heterocycles. The van der Waals surface area contributed by atoms with E-state index in [1.807, 2.05) is 42.5 Å². The number of benzene rings is 2. The average Bonchev–Trinajstić information content (AvgIpc) is 2.74. The van der Waals surface area contributed by atoms with Crippen LogP contribution in [0.15, 0.2) is 77.9 Å². The van der Waals surface area contributed by atoms with Crippen molar-refractivity contribution in [2.75, 3.05) is 0 Å². The quantitative estimate of drug-likeness (QED) is 0.523. The van der Waals surface area contributed by atoms with Crippen LogP contribution in [0.25, 0.3) is 22.3 Å². The number of para-hydroxylation sites is 2. The van der Waals surface area contributed by atoms with E-state index in [4.69, 9.17) is 4.74 Å². The molecule has 0 fully saturated rings. The van der Waals surface area contributed by atoms with E-state index < -0.39 is 0 Å². The highest BCUT2D eigenvalue weighted by molar-refractivity contribution is 5.80. The van der Waals surface area contributed by atoms with E-state index in [1.165, 1.54) is 0 Å². The van der Waals surface area contributed by atoms with Crippen LogP contribution >= 0.6 is 0 Å². The van der Waals surface area contributed by atoms with Gasteiger partial charge in [0.25, 0.3) is 5.56 Å². The third-order valence-corrected chi connectivity index (χ3v) is 4.59. The maximum absolute atomic E-state index is 12.4. The van der Waals surface area contributed by atoms with Gasteiger partial charge in [-0.3, -0.25) is 4.79 Å². The molecule has 2 aromatic carbocycles. The molecular weight excluding hydrogens is 350 g/mol. The van der Waals surface area contributed by atoms with Crippen LogP contribution in [0.4, 0.5) is 0 Å². The summed E-state index contributed by atoms with van der Waals surface area (Å²) in [5.41, 5.74) is 2.36. The van der Waals surface area contributed by atoms with Crippen molar-refractivity contribution in [3.63, 3.8) is 0 Å². The first-order valence-electron chi connectivity index (χ1n) is 9.44. The first-order valence-corrected chi connectivity index (χ1v) is 9.44. The number of aromatic amines is 1. The maximum Gasteiger partial charge on any atom is 0.259 e. The lowest BCUT2D eigenvalue weighted by Gasteiger charge is -2.11. The summed E-state index contributed by atoms with van der Waals surface area (Å²) in [6.07, 6.45) is 5.23. The molecular formula is C23H22N3O2+. The van der Waals surface area contributed by atoms with Crippen molar-refractivity contribution >= 4 is 10.9 Å². The summed E-state index contributed by atoms with van der Waals surface area (Å²) >= 11 is 0. The highest BCUT2D eigenvalue weighted by Crippen LogP contribution is 2.28. The molecule has 0 aliphatic rings. The predicted molar refractivity (Wildman–Crippen MR) is 109 cm³/mol. The molecule has 0 amide bonds. The summed E-state index contributed by atoms with van der Waals surface area (Å²) in [6, 6.07) is 19.1. The predicted octanol–water partition coefficient (Wildman–Crippen LogP) is 3.87. The minimum atomic E-state index is -0.154. The molecule has 140 valence electrons. The van der Waals surface area contributed by atoms with E-state index in [-0.39, 0.29) is 5.56 Å². The van der Waals surface area contributed by atoms with Gasteiger partial charge < -0.3 is 9.72 Å².